The molecule has 0 bridgehead atoms. The SMILES string of the molecule is CCCCCN1C(=O)C(=O)/C(=C(\O)c2ccc(CC)cc2)C1c1ccc(OC)cc1. The van der Waals surface area contributed by atoms with Crippen LogP contribution in [-0.2, 0) is 16.0 Å². The second-order valence-corrected chi connectivity index (χ2v) is 7.52. The van der Waals surface area contributed by atoms with Crippen molar-refractivity contribution in [1.29, 1.82) is 0 Å². The van der Waals surface area contributed by atoms with Gasteiger partial charge in [-0.15, -0.1) is 0 Å². The maximum absolute atomic E-state index is 13.0. The van der Waals surface area contributed by atoms with Gasteiger partial charge in [0.1, 0.15) is 11.5 Å². The number of hydrogen-bond donors (Lipinski definition) is 1. The van der Waals surface area contributed by atoms with E-state index in [-0.39, 0.29) is 11.3 Å². The van der Waals surface area contributed by atoms with Crippen molar-refractivity contribution in [3.8, 4) is 5.75 Å². The zero-order chi connectivity index (χ0) is 21.7. The third-order valence-corrected chi connectivity index (χ3v) is 5.61. The van der Waals surface area contributed by atoms with Gasteiger partial charge in [0, 0.05) is 12.1 Å². The number of benzene rings is 2. The van der Waals surface area contributed by atoms with Crippen molar-refractivity contribution in [3.05, 3.63) is 70.8 Å². The number of aliphatic hydroxyl groups is 1. The lowest BCUT2D eigenvalue weighted by Gasteiger charge is -2.25. The molecular formula is C25H29NO4. The number of carbonyl (C=O) groups excluding carboxylic acids is 2. The summed E-state index contributed by atoms with van der Waals surface area (Å²) in [5.74, 6) is -0.630. The summed E-state index contributed by atoms with van der Waals surface area (Å²) in [6.45, 7) is 4.62. The molecule has 0 aliphatic carbocycles. The number of hydrogen-bond acceptors (Lipinski definition) is 4. The fraction of sp³-hybridized carbons (Fsp3) is 0.360. The molecule has 3 rings (SSSR count). The van der Waals surface area contributed by atoms with Crippen molar-refractivity contribution in [3.63, 3.8) is 0 Å². The second kappa shape index (κ2) is 9.61. The molecule has 5 nitrogen and oxygen atoms in total. The van der Waals surface area contributed by atoms with Crippen LogP contribution in [0, 0.1) is 0 Å². The highest BCUT2D eigenvalue weighted by Crippen LogP contribution is 2.40. The Morgan fingerprint density at radius 1 is 1.00 bits per heavy atom. The number of nitrogens with zero attached hydrogens (tertiary/aromatic N) is 1. The minimum atomic E-state index is -0.635. The fourth-order valence-electron chi connectivity index (χ4n) is 3.83. The topological polar surface area (TPSA) is 66.8 Å². The Hall–Kier alpha value is -3.08. The average molecular weight is 408 g/mol. The van der Waals surface area contributed by atoms with Gasteiger partial charge in [-0.1, -0.05) is 63.1 Å². The Morgan fingerprint density at radius 3 is 2.23 bits per heavy atom. The fourth-order valence-corrected chi connectivity index (χ4v) is 3.83. The molecule has 1 aliphatic rings. The average Bonchev–Trinajstić information content (AvgIpc) is 3.04. The molecule has 1 N–H and O–H groups in total. The van der Waals surface area contributed by atoms with Gasteiger partial charge in [-0.2, -0.15) is 0 Å². The highest BCUT2D eigenvalue weighted by molar-refractivity contribution is 6.46. The molecule has 1 atom stereocenters. The summed E-state index contributed by atoms with van der Waals surface area (Å²) in [4.78, 5) is 27.4. The molecule has 1 amide bonds. The molecule has 5 heteroatoms. The smallest absolute Gasteiger partial charge is 0.295 e. The number of rotatable bonds is 8. The van der Waals surface area contributed by atoms with Crippen molar-refractivity contribution in [1.82, 2.24) is 4.90 Å². The van der Waals surface area contributed by atoms with Crippen molar-refractivity contribution >= 4 is 17.4 Å². The van der Waals surface area contributed by atoms with E-state index in [4.69, 9.17) is 4.74 Å². The molecule has 158 valence electrons. The number of amides is 1. The molecular weight excluding hydrogens is 378 g/mol. The number of Topliss-reactive ketones (excluding diaryl/α,β-unsaturated/α-hetero) is 1. The second-order valence-electron chi connectivity index (χ2n) is 7.52. The molecule has 2 aromatic carbocycles. The number of ketones is 1. The summed E-state index contributed by atoms with van der Waals surface area (Å²) in [5, 5.41) is 11.0. The van der Waals surface area contributed by atoms with Crippen LogP contribution < -0.4 is 4.74 Å². The minimum Gasteiger partial charge on any atom is -0.507 e. The zero-order valence-corrected chi connectivity index (χ0v) is 17.9. The van der Waals surface area contributed by atoms with E-state index in [2.05, 4.69) is 13.8 Å². The number of unbranched alkanes of at least 4 members (excludes halogenated alkanes) is 2. The van der Waals surface area contributed by atoms with Crippen LogP contribution in [0.4, 0.5) is 0 Å². The van der Waals surface area contributed by atoms with Gasteiger partial charge in [-0.05, 0) is 36.1 Å². The molecule has 0 saturated carbocycles. The minimum absolute atomic E-state index is 0.130. The predicted molar refractivity (Wildman–Crippen MR) is 117 cm³/mol. The highest BCUT2D eigenvalue weighted by atomic mass is 16.5. The number of carbonyl (C=O) groups is 2. The molecule has 0 aromatic heterocycles. The molecule has 2 aromatic rings. The Bertz CT molecular complexity index is 929. The van der Waals surface area contributed by atoms with Crippen LogP contribution in [0.1, 0.15) is 55.8 Å². The van der Waals surface area contributed by atoms with Crippen molar-refractivity contribution in [2.45, 2.75) is 45.6 Å². The maximum atomic E-state index is 13.0. The lowest BCUT2D eigenvalue weighted by atomic mass is 9.94. The molecule has 0 radical (unpaired) electrons. The van der Waals surface area contributed by atoms with Gasteiger partial charge in [0.25, 0.3) is 11.7 Å². The molecule has 1 aliphatic heterocycles. The van der Waals surface area contributed by atoms with E-state index in [0.717, 1.165) is 36.8 Å². The standard InChI is InChI=1S/C25H29NO4/c1-4-6-7-16-26-22(18-12-14-20(30-3)15-13-18)21(24(28)25(26)29)23(27)19-10-8-17(5-2)9-11-19/h8-15,22,27H,4-7,16H2,1-3H3/b23-21-. The van der Waals surface area contributed by atoms with E-state index in [9.17, 15) is 14.7 Å². The first-order valence-corrected chi connectivity index (χ1v) is 10.5. The Labute approximate surface area is 178 Å². The summed E-state index contributed by atoms with van der Waals surface area (Å²) < 4.78 is 5.24. The normalized spacial score (nSPS) is 18.1. The van der Waals surface area contributed by atoms with Crippen LogP contribution in [0.25, 0.3) is 5.76 Å². The summed E-state index contributed by atoms with van der Waals surface area (Å²) in [7, 11) is 1.59. The quantitative estimate of drug-likeness (QED) is 0.293. The highest BCUT2D eigenvalue weighted by Gasteiger charge is 2.45. The van der Waals surface area contributed by atoms with E-state index in [0.29, 0.717) is 17.9 Å². The maximum Gasteiger partial charge on any atom is 0.295 e. The molecule has 1 saturated heterocycles. The predicted octanol–water partition coefficient (Wildman–Crippen LogP) is 4.87. The third-order valence-electron chi connectivity index (χ3n) is 5.61. The van der Waals surface area contributed by atoms with Gasteiger partial charge in [-0.25, -0.2) is 0 Å². The first-order chi connectivity index (χ1) is 14.5. The number of ether oxygens (including phenoxy) is 1. The van der Waals surface area contributed by atoms with E-state index in [1.54, 1.807) is 36.3 Å². The Balaban J connectivity index is 2.08. The van der Waals surface area contributed by atoms with Crippen LogP contribution in [0.2, 0.25) is 0 Å². The van der Waals surface area contributed by atoms with E-state index in [1.165, 1.54) is 0 Å². The van der Waals surface area contributed by atoms with Gasteiger partial charge >= 0.3 is 0 Å². The summed E-state index contributed by atoms with van der Waals surface area (Å²) in [5.41, 5.74) is 2.60. The molecule has 30 heavy (non-hydrogen) atoms. The molecule has 1 fully saturated rings. The van der Waals surface area contributed by atoms with Crippen molar-refractivity contribution in [2.75, 3.05) is 13.7 Å². The lowest BCUT2D eigenvalue weighted by Crippen LogP contribution is -2.30. The Morgan fingerprint density at radius 2 is 1.67 bits per heavy atom. The summed E-state index contributed by atoms with van der Waals surface area (Å²) in [6.07, 6.45) is 3.67. The van der Waals surface area contributed by atoms with Crippen LogP contribution >= 0.6 is 0 Å². The first-order valence-electron chi connectivity index (χ1n) is 10.5. The van der Waals surface area contributed by atoms with Crippen LogP contribution in [0.15, 0.2) is 54.1 Å². The number of methoxy groups -OCH3 is 1. The number of likely N-dealkylation sites (tertiary alicyclic amines) is 1. The first kappa shape index (κ1) is 21.6. The number of aryl methyl sites for hydroxylation is 1. The zero-order valence-electron chi connectivity index (χ0n) is 17.9. The Kier molecular flexibility index (Phi) is 6.93. The molecule has 1 unspecified atom stereocenters. The van der Waals surface area contributed by atoms with E-state index < -0.39 is 17.7 Å². The molecule has 0 spiro atoms. The van der Waals surface area contributed by atoms with E-state index >= 15 is 0 Å². The van der Waals surface area contributed by atoms with Gasteiger partial charge < -0.3 is 14.7 Å². The van der Waals surface area contributed by atoms with Gasteiger partial charge in [0.15, 0.2) is 0 Å². The summed E-state index contributed by atoms with van der Waals surface area (Å²) >= 11 is 0. The molecule has 1 heterocycles. The van der Waals surface area contributed by atoms with E-state index in [1.807, 2.05) is 24.3 Å². The van der Waals surface area contributed by atoms with Crippen molar-refractivity contribution < 1.29 is 19.4 Å². The van der Waals surface area contributed by atoms with Crippen LogP contribution in [0.5, 0.6) is 5.75 Å². The van der Waals surface area contributed by atoms with Crippen molar-refractivity contribution in [2.24, 2.45) is 0 Å². The van der Waals surface area contributed by atoms with Crippen LogP contribution in [-0.4, -0.2) is 35.4 Å². The monoisotopic (exact) mass is 407 g/mol. The van der Waals surface area contributed by atoms with Gasteiger partial charge in [0.2, 0.25) is 0 Å². The van der Waals surface area contributed by atoms with Crippen LogP contribution in [0.3, 0.4) is 0 Å². The lowest BCUT2D eigenvalue weighted by molar-refractivity contribution is -0.139. The number of aliphatic hydroxyl groups excluding tert-OH is 1. The summed E-state index contributed by atoms with van der Waals surface area (Å²) in [6, 6.07) is 14.1. The van der Waals surface area contributed by atoms with Gasteiger partial charge in [0.05, 0.1) is 18.7 Å². The van der Waals surface area contributed by atoms with Gasteiger partial charge in [-0.3, -0.25) is 9.59 Å². The largest absolute Gasteiger partial charge is 0.507 e. The third kappa shape index (κ3) is 4.25.